The number of amidine groups is 1. The Balaban J connectivity index is 1.71. The van der Waals surface area contributed by atoms with E-state index < -0.39 is 0 Å². The minimum Gasteiger partial charge on any atom is -0.335 e. The average Bonchev–Trinajstić information content (AvgIpc) is 2.82. The predicted octanol–water partition coefficient (Wildman–Crippen LogP) is 4.63. The highest BCUT2D eigenvalue weighted by molar-refractivity contribution is 8.14. The van der Waals surface area contributed by atoms with Gasteiger partial charge >= 0.3 is 0 Å². The molecule has 1 aromatic rings. The van der Waals surface area contributed by atoms with E-state index in [-0.39, 0.29) is 5.54 Å². The van der Waals surface area contributed by atoms with Gasteiger partial charge in [-0.1, -0.05) is 37.1 Å². The van der Waals surface area contributed by atoms with Gasteiger partial charge in [-0.15, -0.1) is 11.8 Å². The molecule has 1 N–H and O–H groups in total. The third-order valence-electron chi connectivity index (χ3n) is 3.92. The number of nitrogens with one attached hydrogen (secondary N) is 1. The van der Waals surface area contributed by atoms with E-state index in [4.69, 9.17) is 4.99 Å². The molecule has 1 heterocycles. The molecule has 2 nitrogen and oxygen atoms in total. The quantitative estimate of drug-likeness (QED) is 0.805. The molecule has 1 aliphatic heterocycles. The second kappa shape index (κ2) is 5.80. The summed E-state index contributed by atoms with van der Waals surface area (Å²) in [4.78, 5) is 6.28. The Morgan fingerprint density at radius 1 is 1.26 bits per heavy atom. The lowest BCUT2D eigenvalue weighted by molar-refractivity contribution is 0.335. The maximum atomic E-state index is 4.99. The lowest BCUT2D eigenvalue weighted by Gasteiger charge is -2.29. The summed E-state index contributed by atoms with van der Waals surface area (Å²) in [5.74, 6) is 1.16. The van der Waals surface area contributed by atoms with Crippen molar-refractivity contribution >= 4 is 34.4 Å². The molecule has 102 valence electrons. The van der Waals surface area contributed by atoms with Crippen molar-refractivity contribution in [2.75, 3.05) is 17.3 Å². The van der Waals surface area contributed by atoms with E-state index in [1.165, 1.54) is 37.0 Å². The van der Waals surface area contributed by atoms with E-state index in [0.717, 1.165) is 16.6 Å². The van der Waals surface area contributed by atoms with E-state index in [9.17, 15) is 0 Å². The van der Waals surface area contributed by atoms with Crippen molar-refractivity contribution < 1.29 is 0 Å². The maximum absolute atomic E-state index is 4.99. The standard InChI is InChI=1S/C15H20N2S2/c1-18-13-7-5-6-12(10-13)16-14-17-15(11-19-14)8-3-2-4-9-15/h5-7,10H,2-4,8-9,11H2,1H3,(H,16,17). The van der Waals surface area contributed by atoms with Crippen LogP contribution >= 0.6 is 23.5 Å². The summed E-state index contributed by atoms with van der Waals surface area (Å²) < 4.78 is 0. The molecule has 0 unspecified atom stereocenters. The highest BCUT2D eigenvalue weighted by Gasteiger charge is 2.36. The summed E-state index contributed by atoms with van der Waals surface area (Å²) in [7, 11) is 0. The molecule has 2 aliphatic rings. The van der Waals surface area contributed by atoms with Crippen molar-refractivity contribution in [3.63, 3.8) is 0 Å². The van der Waals surface area contributed by atoms with Gasteiger partial charge in [0.15, 0.2) is 5.17 Å². The summed E-state index contributed by atoms with van der Waals surface area (Å²) in [6, 6.07) is 8.56. The first-order valence-corrected chi connectivity index (χ1v) is 9.14. The summed E-state index contributed by atoms with van der Waals surface area (Å²) in [5.41, 5.74) is 1.41. The van der Waals surface area contributed by atoms with Gasteiger partial charge in [0.1, 0.15) is 0 Å². The fraction of sp³-hybridized carbons (Fsp3) is 0.533. The average molecular weight is 292 g/mol. The Bertz CT molecular complexity index is 479. The van der Waals surface area contributed by atoms with Crippen LogP contribution in [-0.2, 0) is 0 Å². The van der Waals surface area contributed by atoms with Crippen LogP contribution in [0.15, 0.2) is 34.2 Å². The second-order valence-electron chi connectivity index (χ2n) is 5.35. The van der Waals surface area contributed by atoms with Crippen LogP contribution in [0.1, 0.15) is 32.1 Å². The zero-order chi connectivity index (χ0) is 13.1. The fourth-order valence-electron chi connectivity index (χ4n) is 2.84. The van der Waals surface area contributed by atoms with Gasteiger partial charge < -0.3 is 5.32 Å². The molecule has 0 atom stereocenters. The Hall–Kier alpha value is -0.610. The number of thioether (sulfide) groups is 2. The zero-order valence-electron chi connectivity index (χ0n) is 11.3. The molecule has 0 bridgehead atoms. The number of benzene rings is 1. The minimum atomic E-state index is 0.252. The maximum Gasteiger partial charge on any atom is 0.161 e. The molecule has 0 aromatic heterocycles. The molecule has 0 amide bonds. The van der Waals surface area contributed by atoms with Crippen LogP contribution in [-0.4, -0.2) is 22.7 Å². The molecule has 1 fully saturated rings. The largest absolute Gasteiger partial charge is 0.335 e. The Labute approximate surface area is 123 Å². The molecule has 1 aromatic carbocycles. The second-order valence-corrected chi connectivity index (χ2v) is 7.19. The van der Waals surface area contributed by atoms with Crippen molar-refractivity contribution in [2.24, 2.45) is 4.99 Å². The number of hydrogen-bond acceptors (Lipinski definition) is 4. The molecule has 1 spiro atoms. The van der Waals surface area contributed by atoms with Crippen LogP contribution in [0.4, 0.5) is 5.69 Å². The van der Waals surface area contributed by atoms with Gasteiger partial charge in [0.25, 0.3) is 0 Å². The molecule has 1 saturated carbocycles. The van der Waals surface area contributed by atoms with E-state index in [0.29, 0.717) is 0 Å². The third kappa shape index (κ3) is 3.11. The van der Waals surface area contributed by atoms with Crippen LogP contribution in [0.2, 0.25) is 0 Å². The normalized spacial score (nSPS) is 21.4. The lowest BCUT2D eigenvalue weighted by Crippen LogP contribution is -2.29. The Morgan fingerprint density at radius 3 is 2.89 bits per heavy atom. The first-order chi connectivity index (χ1) is 9.30. The van der Waals surface area contributed by atoms with Crippen molar-refractivity contribution in [1.29, 1.82) is 0 Å². The highest BCUT2D eigenvalue weighted by Crippen LogP contribution is 2.39. The van der Waals surface area contributed by atoms with Gasteiger partial charge in [-0.05, 0) is 37.3 Å². The van der Waals surface area contributed by atoms with Gasteiger partial charge in [-0.3, -0.25) is 4.99 Å². The number of rotatable bonds is 2. The molecule has 0 radical (unpaired) electrons. The van der Waals surface area contributed by atoms with Crippen LogP contribution in [0.25, 0.3) is 0 Å². The summed E-state index contributed by atoms with van der Waals surface area (Å²) in [6.07, 6.45) is 8.74. The van der Waals surface area contributed by atoms with E-state index >= 15 is 0 Å². The van der Waals surface area contributed by atoms with Gasteiger partial charge in [0.05, 0.1) is 5.54 Å². The first kappa shape index (κ1) is 13.4. The van der Waals surface area contributed by atoms with Gasteiger partial charge in [0, 0.05) is 16.3 Å². The van der Waals surface area contributed by atoms with E-state index in [1.807, 2.05) is 11.8 Å². The van der Waals surface area contributed by atoms with Crippen LogP contribution in [0.5, 0.6) is 0 Å². The molecular formula is C15H20N2S2. The molecular weight excluding hydrogens is 272 g/mol. The summed E-state index contributed by atoms with van der Waals surface area (Å²) in [5, 5.41) is 4.60. The van der Waals surface area contributed by atoms with Crippen LogP contribution < -0.4 is 5.32 Å². The number of nitrogens with zero attached hydrogens (tertiary/aromatic N) is 1. The van der Waals surface area contributed by atoms with Crippen molar-refractivity contribution in [1.82, 2.24) is 0 Å². The van der Waals surface area contributed by atoms with Gasteiger partial charge in [-0.2, -0.15) is 0 Å². The Kier molecular flexibility index (Phi) is 4.08. The Morgan fingerprint density at radius 2 is 2.11 bits per heavy atom. The monoisotopic (exact) mass is 292 g/mol. The van der Waals surface area contributed by atoms with Crippen molar-refractivity contribution in [2.45, 2.75) is 42.5 Å². The fourth-order valence-corrected chi connectivity index (χ4v) is 4.50. The summed E-state index contributed by atoms with van der Waals surface area (Å²) in [6.45, 7) is 0. The number of hydrogen-bond donors (Lipinski definition) is 1. The molecule has 1 aliphatic carbocycles. The molecule has 4 heteroatoms. The predicted molar refractivity (Wildman–Crippen MR) is 87.6 cm³/mol. The van der Waals surface area contributed by atoms with E-state index in [2.05, 4.69) is 35.8 Å². The number of anilines is 1. The molecule has 19 heavy (non-hydrogen) atoms. The zero-order valence-corrected chi connectivity index (χ0v) is 12.9. The van der Waals surface area contributed by atoms with Gasteiger partial charge in [0.2, 0.25) is 0 Å². The van der Waals surface area contributed by atoms with Crippen molar-refractivity contribution in [3.05, 3.63) is 24.3 Å². The molecule has 0 saturated heterocycles. The van der Waals surface area contributed by atoms with Crippen LogP contribution in [0.3, 0.4) is 0 Å². The number of aliphatic imine (C=N–C) groups is 1. The topological polar surface area (TPSA) is 24.4 Å². The van der Waals surface area contributed by atoms with E-state index in [1.54, 1.807) is 11.8 Å². The minimum absolute atomic E-state index is 0.252. The van der Waals surface area contributed by atoms with Gasteiger partial charge in [-0.25, -0.2) is 0 Å². The SMILES string of the molecule is CSc1cccc(NC2=NC3(CCCCC3)CS2)c1. The third-order valence-corrected chi connectivity index (χ3v) is 5.80. The highest BCUT2D eigenvalue weighted by atomic mass is 32.2. The first-order valence-electron chi connectivity index (χ1n) is 6.93. The van der Waals surface area contributed by atoms with Crippen LogP contribution in [0, 0.1) is 0 Å². The lowest BCUT2D eigenvalue weighted by atomic mass is 9.84. The summed E-state index contributed by atoms with van der Waals surface area (Å²) >= 11 is 3.66. The van der Waals surface area contributed by atoms with Crippen molar-refractivity contribution in [3.8, 4) is 0 Å². The smallest absolute Gasteiger partial charge is 0.161 e. The molecule has 3 rings (SSSR count).